The van der Waals surface area contributed by atoms with Gasteiger partial charge in [0, 0.05) is 24.2 Å². The Bertz CT molecular complexity index is 637. The van der Waals surface area contributed by atoms with Crippen LogP contribution in [0.5, 0.6) is 5.75 Å². The average molecular weight is 353 g/mol. The van der Waals surface area contributed by atoms with Crippen LogP contribution in [0.3, 0.4) is 0 Å². The van der Waals surface area contributed by atoms with Crippen LogP contribution in [-0.2, 0) is 4.79 Å². The van der Waals surface area contributed by atoms with E-state index in [4.69, 9.17) is 16.3 Å². The fourth-order valence-electron chi connectivity index (χ4n) is 3.81. The van der Waals surface area contributed by atoms with Crippen LogP contribution in [-0.4, -0.2) is 35.4 Å². The second-order valence-corrected chi connectivity index (χ2v) is 7.03. The first-order chi connectivity index (χ1) is 11.5. The smallest absolute Gasteiger partial charge is 0.312 e. The van der Waals surface area contributed by atoms with Crippen molar-refractivity contribution in [1.29, 1.82) is 0 Å². The number of likely N-dealkylation sites (tertiary alicyclic amines) is 1. The summed E-state index contributed by atoms with van der Waals surface area (Å²) in [4.78, 5) is 24.7. The van der Waals surface area contributed by atoms with E-state index in [1.807, 2.05) is 4.90 Å². The predicted molar refractivity (Wildman–Crippen MR) is 90.2 cm³/mol. The minimum absolute atomic E-state index is 0.0744. The molecule has 2 aliphatic rings. The van der Waals surface area contributed by atoms with Gasteiger partial charge in [-0.2, -0.15) is 0 Å². The number of nitrogens with zero attached hydrogens (tertiary/aromatic N) is 2. The molecule has 0 radical (unpaired) electrons. The van der Waals surface area contributed by atoms with Gasteiger partial charge in [-0.15, -0.1) is 0 Å². The van der Waals surface area contributed by atoms with Crippen LogP contribution in [0.15, 0.2) is 18.2 Å². The number of carbonyl (C=O) groups is 1. The van der Waals surface area contributed by atoms with Gasteiger partial charge in [-0.05, 0) is 36.8 Å². The van der Waals surface area contributed by atoms with E-state index in [1.165, 1.54) is 43.9 Å². The van der Waals surface area contributed by atoms with Crippen molar-refractivity contribution in [3.8, 4) is 5.75 Å². The number of ether oxygens (including phenoxy) is 1. The van der Waals surface area contributed by atoms with Crippen LogP contribution in [0.25, 0.3) is 0 Å². The monoisotopic (exact) mass is 352 g/mol. The minimum atomic E-state index is -0.556. The van der Waals surface area contributed by atoms with Gasteiger partial charge in [-0.3, -0.25) is 14.9 Å². The van der Waals surface area contributed by atoms with Crippen LogP contribution in [0.4, 0.5) is 5.69 Å². The number of fused-ring (bicyclic) bond motifs is 1. The Morgan fingerprint density at radius 3 is 2.79 bits per heavy atom. The molecule has 1 aliphatic carbocycles. The lowest BCUT2D eigenvalue weighted by Gasteiger charge is -2.41. The Hall–Kier alpha value is -1.82. The van der Waals surface area contributed by atoms with Gasteiger partial charge in [-0.25, -0.2) is 0 Å². The highest BCUT2D eigenvalue weighted by Gasteiger charge is 2.33. The second-order valence-electron chi connectivity index (χ2n) is 6.59. The molecule has 1 aromatic carbocycles. The van der Waals surface area contributed by atoms with Crippen molar-refractivity contribution >= 4 is 23.2 Å². The van der Waals surface area contributed by atoms with Gasteiger partial charge in [0.15, 0.2) is 12.4 Å². The van der Waals surface area contributed by atoms with Gasteiger partial charge in [0.25, 0.3) is 5.91 Å². The third-order valence-electron chi connectivity index (χ3n) is 5.11. The number of hydrogen-bond acceptors (Lipinski definition) is 4. The number of carbonyl (C=O) groups excluding carboxylic acids is 1. The number of hydrogen-bond donors (Lipinski definition) is 0. The van der Waals surface area contributed by atoms with Gasteiger partial charge in [0.05, 0.1) is 4.92 Å². The first-order valence-corrected chi connectivity index (χ1v) is 8.77. The summed E-state index contributed by atoms with van der Waals surface area (Å²) in [6.45, 7) is 1.36. The van der Waals surface area contributed by atoms with Gasteiger partial charge in [0.1, 0.15) is 0 Å². The summed E-state index contributed by atoms with van der Waals surface area (Å²) in [7, 11) is 0. The van der Waals surface area contributed by atoms with Crippen molar-refractivity contribution in [2.45, 2.75) is 32.1 Å². The van der Waals surface area contributed by atoms with Crippen LogP contribution in [0.2, 0.25) is 5.02 Å². The number of piperidine rings is 1. The zero-order chi connectivity index (χ0) is 17.1. The van der Waals surface area contributed by atoms with Crippen molar-refractivity contribution in [3.05, 3.63) is 33.3 Å². The summed E-state index contributed by atoms with van der Waals surface area (Å²) in [6, 6.07) is 4.18. The predicted octanol–water partition coefficient (Wildman–Crippen LogP) is 3.67. The SMILES string of the molecule is O=C(COc1ccc(Cl)cc1[N+](=O)[O-])N1CC[C@H]2CCCC[C@H]2C1. The molecule has 3 rings (SSSR count). The molecule has 24 heavy (non-hydrogen) atoms. The summed E-state index contributed by atoms with van der Waals surface area (Å²) in [5.41, 5.74) is -0.221. The van der Waals surface area contributed by atoms with E-state index in [1.54, 1.807) is 0 Å². The summed E-state index contributed by atoms with van der Waals surface area (Å²) < 4.78 is 5.41. The van der Waals surface area contributed by atoms with Crippen LogP contribution in [0, 0.1) is 22.0 Å². The maximum Gasteiger partial charge on any atom is 0.312 e. The highest BCUT2D eigenvalue weighted by atomic mass is 35.5. The Morgan fingerprint density at radius 2 is 2.04 bits per heavy atom. The molecule has 2 fully saturated rings. The Labute approximate surface area is 145 Å². The molecule has 7 heteroatoms. The van der Waals surface area contributed by atoms with Crippen LogP contribution in [0.1, 0.15) is 32.1 Å². The second kappa shape index (κ2) is 7.38. The van der Waals surface area contributed by atoms with Gasteiger partial charge < -0.3 is 9.64 Å². The largest absolute Gasteiger partial charge is 0.477 e. The normalized spacial score (nSPS) is 23.5. The molecule has 0 aromatic heterocycles. The zero-order valence-electron chi connectivity index (χ0n) is 13.4. The number of benzene rings is 1. The van der Waals surface area contributed by atoms with Crippen molar-refractivity contribution in [2.75, 3.05) is 19.7 Å². The first kappa shape index (κ1) is 17.0. The molecule has 1 aromatic rings. The Morgan fingerprint density at radius 1 is 1.29 bits per heavy atom. The summed E-state index contributed by atoms with van der Waals surface area (Å²) in [5, 5.41) is 11.3. The fraction of sp³-hybridized carbons (Fsp3) is 0.588. The van der Waals surface area contributed by atoms with Gasteiger partial charge >= 0.3 is 5.69 Å². The molecule has 0 unspecified atom stereocenters. The molecule has 1 heterocycles. The number of nitro benzene ring substituents is 1. The van der Waals surface area contributed by atoms with Gasteiger partial charge in [-0.1, -0.05) is 30.9 Å². The molecule has 6 nitrogen and oxygen atoms in total. The van der Waals surface area contributed by atoms with Crippen LogP contribution >= 0.6 is 11.6 Å². The molecule has 1 amide bonds. The Kier molecular flexibility index (Phi) is 5.23. The standard InChI is InChI=1S/C17H21ClN2O4/c18-14-5-6-16(15(9-14)20(22)23)24-11-17(21)19-8-7-12-3-1-2-4-13(12)10-19/h5-6,9,12-13H,1-4,7-8,10-11H2/t12-,13+/m1/s1. The molecule has 1 aliphatic heterocycles. The molecule has 0 bridgehead atoms. The van der Waals surface area contributed by atoms with Crippen molar-refractivity contribution in [1.82, 2.24) is 4.90 Å². The van der Waals surface area contributed by atoms with Crippen molar-refractivity contribution in [2.24, 2.45) is 11.8 Å². The maximum atomic E-state index is 12.4. The van der Waals surface area contributed by atoms with E-state index in [-0.39, 0.29) is 29.0 Å². The lowest BCUT2D eigenvalue weighted by Crippen LogP contribution is -2.46. The van der Waals surface area contributed by atoms with Crippen molar-refractivity contribution < 1.29 is 14.5 Å². The molecule has 2 atom stereocenters. The molecule has 0 spiro atoms. The van der Waals surface area contributed by atoms with Crippen LogP contribution < -0.4 is 4.74 Å². The number of rotatable bonds is 4. The third-order valence-corrected chi connectivity index (χ3v) is 5.35. The number of amides is 1. The number of halogens is 1. The van der Waals surface area contributed by atoms with E-state index < -0.39 is 4.92 Å². The van der Waals surface area contributed by atoms with E-state index in [0.717, 1.165) is 25.4 Å². The molecular formula is C17H21ClN2O4. The minimum Gasteiger partial charge on any atom is -0.477 e. The first-order valence-electron chi connectivity index (χ1n) is 8.39. The van der Waals surface area contributed by atoms with Gasteiger partial charge in [0.2, 0.25) is 0 Å². The van der Waals surface area contributed by atoms with E-state index in [0.29, 0.717) is 5.92 Å². The summed E-state index contributed by atoms with van der Waals surface area (Å²) in [6.07, 6.45) is 6.07. The zero-order valence-corrected chi connectivity index (χ0v) is 14.2. The summed E-state index contributed by atoms with van der Waals surface area (Å²) in [5.74, 6) is 1.32. The topological polar surface area (TPSA) is 72.7 Å². The third kappa shape index (κ3) is 3.80. The molecular weight excluding hydrogens is 332 g/mol. The Balaban J connectivity index is 1.59. The molecule has 1 saturated heterocycles. The molecule has 1 saturated carbocycles. The fourth-order valence-corrected chi connectivity index (χ4v) is 3.98. The van der Waals surface area contributed by atoms with E-state index >= 15 is 0 Å². The molecule has 130 valence electrons. The lowest BCUT2D eigenvalue weighted by molar-refractivity contribution is -0.385. The maximum absolute atomic E-state index is 12.4. The molecule has 0 N–H and O–H groups in total. The highest BCUT2D eigenvalue weighted by Crippen LogP contribution is 2.36. The lowest BCUT2D eigenvalue weighted by atomic mass is 9.75. The van der Waals surface area contributed by atoms with E-state index in [2.05, 4.69) is 0 Å². The van der Waals surface area contributed by atoms with Crippen molar-refractivity contribution in [3.63, 3.8) is 0 Å². The number of nitro groups is 1. The highest BCUT2D eigenvalue weighted by molar-refractivity contribution is 6.30. The van der Waals surface area contributed by atoms with E-state index in [9.17, 15) is 14.9 Å². The average Bonchev–Trinajstić information content (AvgIpc) is 2.59. The summed E-state index contributed by atoms with van der Waals surface area (Å²) >= 11 is 5.78. The quantitative estimate of drug-likeness (QED) is 0.612.